The molecular weight excluding hydrogens is 255 g/mol. The van der Waals surface area contributed by atoms with Crippen molar-refractivity contribution < 1.29 is 24.3 Å². The van der Waals surface area contributed by atoms with Crippen molar-refractivity contribution in [3.05, 3.63) is 0 Å². The van der Waals surface area contributed by atoms with Crippen LogP contribution < -0.4 is 0 Å². The lowest BCUT2D eigenvalue weighted by molar-refractivity contribution is -0.141. The highest BCUT2D eigenvalue weighted by Gasteiger charge is 2.52. The van der Waals surface area contributed by atoms with Crippen molar-refractivity contribution in [2.45, 2.75) is 70.4 Å². The first-order valence-electron chi connectivity index (χ1n) is 6.61. The Kier molecular flexibility index (Phi) is 7.76. The molecule has 0 heterocycles. The first-order valence-corrected chi connectivity index (χ1v) is 8.22. The number of unbranched alkanes of at least 4 members (excludes halogenated alkanes) is 4. The minimum atomic E-state index is -4.64. The Bertz CT molecular complexity index is 287. The lowest BCUT2D eigenvalue weighted by Crippen LogP contribution is -2.38. The number of carboxylic acids is 1. The molecule has 18 heavy (non-hydrogen) atoms. The summed E-state index contributed by atoms with van der Waals surface area (Å²) >= 11 is 0. The van der Waals surface area contributed by atoms with Gasteiger partial charge in [0.2, 0.25) is 0 Å². The molecule has 0 aliphatic carbocycles. The molecule has 5 nitrogen and oxygen atoms in total. The van der Waals surface area contributed by atoms with Crippen LogP contribution in [0, 0.1) is 0 Å². The van der Waals surface area contributed by atoms with Gasteiger partial charge in [0.1, 0.15) is 0 Å². The van der Waals surface area contributed by atoms with Crippen LogP contribution in [-0.2, 0) is 9.36 Å². The van der Waals surface area contributed by atoms with E-state index in [-0.39, 0.29) is 12.8 Å². The minimum Gasteiger partial charge on any atom is -0.480 e. The quantitative estimate of drug-likeness (QED) is 0.422. The average Bonchev–Trinajstić information content (AvgIpc) is 2.25. The van der Waals surface area contributed by atoms with E-state index in [4.69, 9.17) is 0 Å². The summed E-state index contributed by atoms with van der Waals surface area (Å²) in [4.78, 5) is 30.2. The summed E-state index contributed by atoms with van der Waals surface area (Å²) in [5.41, 5.74) is 0. The van der Waals surface area contributed by atoms with Crippen LogP contribution in [0.15, 0.2) is 0 Å². The third kappa shape index (κ3) is 4.71. The van der Waals surface area contributed by atoms with Crippen molar-refractivity contribution in [2.24, 2.45) is 0 Å². The van der Waals surface area contributed by atoms with Gasteiger partial charge in [0.15, 0.2) is 5.16 Å². The smallest absolute Gasteiger partial charge is 0.342 e. The Labute approximate surface area is 109 Å². The molecular formula is C12H25O5P. The highest BCUT2D eigenvalue weighted by atomic mass is 31.2. The van der Waals surface area contributed by atoms with E-state index >= 15 is 0 Å². The molecule has 6 heteroatoms. The molecule has 0 radical (unpaired) electrons. The summed E-state index contributed by atoms with van der Waals surface area (Å²) in [6.45, 7) is 3.94. The van der Waals surface area contributed by atoms with E-state index in [1.165, 1.54) is 0 Å². The van der Waals surface area contributed by atoms with Gasteiger partial charge in [-0.05, 0) is 12.8 Å². The summed E-state index contributed by atoms with van der Waals surface area (Å²) in [7, 11) is -4.64. The maximum Gasteiger partial charge on any atom is 0.342 e. The zero-order valence-electron chi connectivity index (χ0n) is 11.3. The van der Waals surface area contributed by atoms with Crippen molar-refractivity contribution in [1.29, 1.82) is 0 Å². The van der Waals surface area contributed by atoms with Gasteiger partial charge >= 0.3 is 13.6 Å². The van der Waals surface area contributed by atoms with Crippen molar-refractivity contribution in [3.8, 4) is 0 Å². The molecule has 0 saturated heterocycles. The van der Waals surface area contributed by atoms with Crippen molar-refractivity contribution in [3.63, 3.8) is 0 Å². The lowest BCUT2D eigenvalue weighted by Gasteiger charge is -2.30. The van der Waals surface area contributed by atoms with E-state index < -0.39 is 18.7 Å². The molecule has 0 aliphatic heterocycles. The maximum absolute atomic E-state index is 11.6. The SMILES string of the molecule is CCCCCC(CCCCC)(C(=O)O)P(=O)(O)O. The zero-order chi connectivity index (χ0) is 14.2. The first kappa shape index (κ1) is 17.6. The van der Waals surface area contributed by atoms with Crippen LogP contribution in [0.25, 0.3) is 0 Å². The molecule has 0 unspecified atom stereocenters. The minimum absolute atomic E-state index is 0.0597. The second kappa shape index (κ2) is 7.93. The molecule has 0 bridgehead atoms. The maximum atomic E-state index is 11.6. The van der Waals surface area contributed by atoms with Crippen molar-refractivity contribution >= 4 is 13.6 Å². The normalized spacial score (nSPS) is 12.7. The van der Waals surface area contributed by atoms with Gasteiger partial charge in [-0.2, -0.15) is 0 Å². The molecule has 0 spiro atoms. The largest absolute Gasteiger partial charge is 0.480 e. The molecule has 0 fully saturated rings. The monoisotopic (exact) mass is 280 g/mol. The topological polar surface area (TPSA) is 94.8 Å². The van der Waals surface area contributed by atoms with E-state index in [2.05, 4.69) is 0 Å². The zero-order valence-corrected chi connectivity index (χ0v) is 12.2. The predicted octanol–water partition coefficient (Wildman–Crippen LogP) is 3.15. The van der Waals surface area contributed by atoms with Gasteiger partial charge in [0.25, 0.3) is 0 Å². The van der Waals surface area contributed by atoms with Gasteiger partial charge in [-0.3, -0.25) is 9.36 Å². The van der Waals surface area contributed by atoms with E-state index in [0.717, 1.165) is 25.7 Å². The Morgan fingerprint density at radius 1 is 1.00 bits per heavy atom. The predicted molar refractivity (Wildman–Crippen MR) is 70.7 cm³/mol. The summed E-state index contributed by atoms with van der Waals surface area (Å²) in [6, 6.07) is 0. The highest BCUT2D eigenvalue weighted by molar-refractivity contribution is 7.54. The Morgan fingerprint density at radius 2 is 1.39 bits per heavy atom. The Balaban J connectivity index is 4.93. The summed E-state index contributed by atoms with van der Waals surface area (Å²) in [5, 5.41) is 7.39. The second-order valence-electron chi connectivity index (χ2n) is 4.79. The molecule has 108 valence electrons. The van der Waals surface area contributed by atoms with Crippen LogP contribution in [0.4, 0.5) is 0 Å². The van der Waals surface area contributed by atoms with Crippen molar-refractivity contribution in [1.82, 2.24) is 0 Å². The van der Waals surface area contributed by atoms with E-state index in [0.29, 0.717) is 12.8 Å². The lowest BCUT2D eigenvalue weighted by atomic mass is 9.94. The second-order valence-corrected chi connectivity index (χ2v) is 6.74. The summed E-state index contributed by atoms with van der Waals surface area (Å²) in [5.74, 6) is -1.36. The molecule has 0 atom stereocenters. The molecule has 0 aromatic heterocycles. The number of hydrogen-bond donors (Lipinski definition) is 3. The molecule has 0 aromatic carbocycles. The third-order valence-corrected chi connectivity index (χ3v) is 5.10. The van der Waals surface area contributed by atoms with Crippen LogP contribution in [0.2, 0.25) is 0 Å². The fraction of sp³-hybridized carbons (Fsp3) is 0.917. The van der Waals surface area contributed by atoms with Gasteiger partial charge in [-0.15, -0.1) is 0 Å². The van der Waals surface area contributed by atoms with E-state index in [1.54, 1.807) is 0 Å². The third-order valence-electron chi connectivity index (χ3n) is 3.34. The van der Waals surface area contributed by atoms with Crippen LogP contribution in [0.5, 0.6) is 0 Å². The number of rotatable bonds is 10. The number of hydrogen-bond acceptors (Lipinski definition) is 2. The fourth-order valence-electron chi connectivity index (χ4n) is 2.09. The van der Waals surface area contributed by atoms with Gasteiger partial charge in [-0.1, -0.05) is 52.4 Å². The standard InChI is InChI=1S/C12H25O5P/c1-3-5-7-9-12(11(13)14,18(15,16)17)10-8-6-4-2/h3-10H2,1-2H3,(H,13,14)(H2,15,16,17). The Morgan fingerprint density at radius 3 is 1.61 bits per heavy atom. The van der Waals surface area contributed by atoms with E-state index in [9.17, 15) is 24.3 Å². The molecule has 0 aliphatic rings. The molecule has 0 saturated carbocycles. The van der Waals surface area contributed by atoms with Gasteiger partial charge in [-0.25, -0.2) is 0 Å². The highest BCUT2D eigenvalue weighted by Crippen LogP contribution is 2.56. The van der Waals surface area contributed by atoms with Crippen LogP contribution in [-0.4, -0.2) is 26.0 Å². The fourth-order valence-corrected chi connectivity index (χ4v) is 3.24. The molecule has 0 amide bonds. The number of carboxylic acid groups (broad SMARTS) is 1. The number of aliphatic carboxylic acids is 1. The van der Waals surface area contributed by atoms with Crippen LogP contribution >= 0.6 is 7.60 Å². The molecule has 0 rings (SSSR count). The average molecular weight is 280 g/mol. The van der Waals surface area contributed by atoms with Gasteiger partial charge in [0, 0.05) is 0 Å². The first-order chi connectivity index (χ1) is 8.31. The van der Waals surface area contributed by atoms with Crippen molar-refractivity contribution in [2.75, 3.05) is 0 Å². The molecule has 3 N–H and O–H groups in total. The van der Waals surface area contributed by atoms with Crippen LogP contribution in [0.3, 0.4) is 0 Å². The summed E-state index contributed by atoms with van der Waals surface area (Å²) in [6.07, 6.45) is 4.58. The van der Waals surface area contributed by atoms with Gasteiger partial charge in [0.05, 0.1) is 0 Å². The number of carbonyl (C=O) groups is 1. The molecule has 0 aromatic rings. The van der Waals surface area contributed by atoms with Gasteiger partial charge < -0.3 is 14.9 Å². The Hall–Kier alpha value is -0.380. The summed E-state index contributed by atoms with van der Waals surface area (Å²) < 4.78 is 11.6. The van der Waals surface area contributed by atoms with E-state index in [1.807, 2.05) is 13.8 Å². The van der Waals surface area contributed by atoms with Crippen LogP contribution in [0.1, 0.15) is 65.2 Å².